The largest absolute Gasteiger partial charge is 0.377 e. The van der Waals surface area contributed by atoms with E-state index in [9.17, 15) is 32.3 Å². The van der Waals surface area contributed by atoms with E-state index >= 15 is 0 Å². The van der Waals surface area contributed by atoms with E-state index in [0.29, 0.717) is 0 Å². The Morgan fingerprint density at radius 1 is 1.11 bits per heavy atom. The van der Waals surface area contributed by atoms with Gasteiger partial charge in [-0.05, 0) is 48.5 Å². The number of β-amino-alcohol motifs (C(OH)–C–C–N with tert-alkyl or cyclic N) is 1. The molecule has 2 aliphatic rings. The zero-order chi connectivity index (χ0) is 25.9. The predicted molar refractivity (Wildman–Crippen MR) is 125 cm³/mol. The quantitative estimate of drug-likeness (QED) is 0.378. The van der Waals surface area contributed by atoms with Gasteiger partial charge in [-0.15, -0.1) is 0 Å². The first-order chi connectivity index (χ1) is 17.0. The van der Waals surface area contributed by atoms with Crippen LogP contribution in [0.2, 0.25) is 10.0 Å². The fourth-order valence-electron chi connectivity index (χ4n) is 4.52. The number of aliphatic hydroxyl groups is 1. The highest BCUT2D eigenvalue weighted by Gasteiger charge is 2.50. The van der Waals surface area contributed by atoms with Crippen molar-refractivity contribution in [1.82, 2.24) is 5.32 Å². The van der Waals surface area contributed by atoms with Crippen molar-refractivity contribution < 1.29 is 32.3 Å². The summed E-state index contributed by atoms with van der Waals surface area (Å²) in [7, 11) is 0. The molecule has 3 aromatic rings. The van der Waals surface area contributed by atoms with Gasteiger partial charge in [-0.3, -0.25) is 9.69 Å². The smallest absolute Gasteiger partial charge is 0.326 e. The number of carbonyl (C=O) groups excluding carboxylic acids is 2. The fourth-order valence-corrected chi connectivity index (χ4v) is 4.97. The summed E-state index contributed by atoms with van der Waals surface area (Å²) in [5.74, 6) is -2.02. The number of nitrogens with one attached hydrogen (secondary N) is 2. The lowest BCUT2D eigenvalue weighted by molar-refractivity contribution is -0.0892. The first-order valence-corrected chi connectivity index (χ1v) is 11.2. The van der Waals surface area contributed by atoms with E-state index in [0.717, 1.165) is 35.2 Å². The average Bonchev–Trinajstić information content (AvgIpc) is 3.30. The number of benzene rings is 3. The third-order valence-corrected chi connectivity index (χ3v) is 6.75. The van der Waals surface area contributed by atoms with Gasteiger partial charge in [0.25, 0.3) is 12.3 Å². The molecule has 3 amide bonds. The number of carbonyl (C=O) groups is 2. The number of fused-ring (bicyclic) bond motifs is 2. The van der Waals surface area contributed by atoms with Crippen LogP contribution in [-0.2, 0) is 5.60 Å². The molecule has 3 aromatic carbocycles. The van der Waals surface area contributed by atoms with Crippen molar-refractivity contribution in [3.8, 4) is 0 Å². The van der Waals surface area contributed by atoms with Crippen molar-refractivity contribution in [2.24, 2.45) is 0 Å². The Kier molecular flexibility index (Phi) is 5.85. The Balaban J connectivity index is 1.56. The number of hydrogen-bond acceptors (Lipinski definition) is 3. The van der Waals surface area contributed by atoms with Crippen molar-refractivity contribution in [2.75, 3.05) is 16.8 Å². The van der Waals surface area contributed by atoms with Crippen molar-refractivity contribution in [3.63, 3.8) is 0 Å². The molecule has 2 heterocycles. The SMILES string of the molecule is O=C1NC(c2cc(F)ccc2Cl)c2c(NC(=O)N3CC(O)(C(F)F)c4cc(F)ccc43)cc(Cl)cc21. The van der Waals surface area contributed by atoms with Gasteiger partial charge in [-0.25, -0.2) is 22.4 Å². The Morgan fingerprint density at radius 2 is 1.81 bits per heavy atom. The average molecular weight is 540 g/mol. The minimum atomic E-state index is -3.31. The normalized spacial score (nSPS) is 20.4. The van der Waals surface area contributed by atoms with Crippen LogP contribution >= 0.6 is 23.2 Å². The summed E-state index contributed by atoms with van der Waals surface area (Å²) in [6.07, 6.45) is -3.31. The highest BCUT2D eigenvalue weighted by Crippen LogP contribution is 2.45. The van der Waals surface area contributed by atoms with Crippen molar-refractivity contribution >= 4 is 46.5 Å². The maximum atomic E-state index is 14.0. The summed E-state index contributed by atoms with van der Waals surface area (Å²) in [5, 5.41) is 16.0. The summed E-state index contributed by atoms with van der Waals surface area (Å²) >= 11 is 12.4. The van der Waals surface area contributed by atoms with E-state index in [1.54, 1.807) is 0 Å². The van der Waals surface area contributed by atoms with Gasteiger partial charge < -0.3 is 15.7 Å². The number of urea groups is 1. The zero-order valence-corrected chi connectivity index (χ0v) is 19.5. The molecule has 3 N–H and O–H groups in total. The van der Waals surface area contributed by atoms with E-state index in [-0.39, 0.29) is 38.1 Å². The van der Waals surface area contributed by atoms with Gasteiger partial charge in [0.1, 0.15) is 11.6 Å². The number of halogens is 6. The highest BCUT2D eigenvalue weighted by atomic mass is 35.5. The molecule has 2 aliphatic heterocycles. The van der Waals surface area contributed by atoms with Crippen LogP contribution in [0.25, 0.3) is 0 Å². The molecule has 0 radical (unpaired) electrons. The minimum Gasteiger partial charge on any atom is -0.377 e. The molecular formula is C24H15Cl2F4N3O3. The lowest BCUT2D eigenvalue weighted by atomic mass is 9.96. The molecule has 0 spiro atoms. The molecule has 0 aliphatic carbocycles. The summed E-state index contributed by atoms with van der Waals surface area (Å²) < 4.78 is 55.2. The number of amides is 3. The van der Waals surface area contributed by atoms with Gasteiger partial charge in [-0.2, -0.15) is 0 Å². The molecular weight excluding hydrogens is 525 g/mol. The zero-order valence-electron chi connectivity index (χ0n) is 18.0. The molecule has 186 valence electrons. The van der Waals surface area contributed by atoms with Crippen molar-refractivity contribution in [2.45, 2.75) is 18.1 Å². The number of hydrogen-bond donors (Lipinski definition) is 3. The highest BCUT2D eigenvalue weighted by molar-refractivity contribution is 6.32. The van der Waals surface area contributed by atoms with E-state index in [2.05, 4.69) is 10.6 Å². The number of nitrogens with zero attached hydrogens (tertiary/aromatic N) is 1. The van der Waals surface area contributed by atoms with Gasteiger partial charge in [0.05, 0.1) is 24.0 Å². The van der Waals surface area contributed by atoms with Crippen molar-refractivity contribution in [1.29, 1.82) is 0 Å². The maximum absolute atomic E-state index is 14.0. The summed E-state index contributed by atoms with van der Waals surface area (Å²) in [6.45, 7) is -0.853. The molecule has 2 unspecified atom stereocenters. The number of rotatable bonds is 3. The first-order valence-electron chi connectivity index (χ1n) is 10.5. The van der Waals surface area contributed by atoms with Crippen LogP contribution in [0.3, 0.4) is 0 Å². The van der Waals surface area contributed by atoms with Crippen LogP contribution in [-0.4, -0.2) is 30.0 Å². The summed E-state index contributed by atoms with van der Waals surface area (Å²) in [5.41, 5.74) is -2.78. The van der Waals surface area contributed by atoms with Gasteiger partial charge in [0, 0.05) is 32.3 Å². The minimum absolute atomic E-state index is 0.0299. The van der Waals surface area contributed by atoms with Crippen molar-refractivity contribution in [3.05, 3.63) is 92.5 Å². The van der Waals surface area contributed by atoms with Crippen LogP contribution in [0.4, 0.5) is 33.7 Å². The third kappa shape index (κ3) is 3.85. The topological polar surface area (TPSA) is 81.7 Å². The lowest BCUT2D eigenvalue weighted by Gasteiger charge is -2.24. The summed E-state index contributed by atoms with van der Waals surface area (Å²) in [4.78, 5) is 26.8. The standard InChI is InChI=1S/C24H15Cl2F4N3O3/c25-10-5-14-19(20(32-21(14)34)13-7-11(27)1-3-16(13)26)17(6-10)31-23(35)33-9-24(36,22(29)30)15-8-12(28)2-4-18(15)33/h1-8,20,22,36H,9H2,(H,31,35)(H,32,34). The Bertz CT molecular complexity index is 1440. The molecule has 5 rings (SSSR count). The Morgan fingerprint density at radius 3 is 2.53 bits per heavy atom. The van der Waals surface area contributed by atoms with Gasteiger partial charge in [0.2, 0.25) is 0 Å². The number of anilines is 2. The molecule has 2 atom stereocenters. The monoisotopic (exact) mass is 539 g/mol. The van der Waals surface area contributed by atoms with Crippen LogP contribution in [0.15, 0.2) is 48.5 Å². The van der Waals surface area contributed by atoms with E-state index in [1.807, 2.05) is 0 Å². The van der Waals surface area contributed by atoms with Crippen LogP contribution in [0, 0.1) is 11.6 Å². The van der Waals surface area contributed by atoms with E-state index in [4.69, 9.17) is 23.2 Å². The maximum Gasteiger partial charge on any atom is 0.326 e. The third-order valence-electron chi connectivity index (χ3n) is 6.19. The molecule has 36 heavy (non-hydrogen) atoms. The van der Waals surface area contributed by atoms with Crippen LogP contribution in [0.5, 0.6) is 0 Å². The molecule has 0 saturated heterocycles. The second-order valence-corrected chi connectivity index (χ2v) is 9.23. The van der Waals surface area contributed by atoms with Crippen LogP contribution in [0.1, 0.15) is 33.1 Å². The van der Waals surface area contributed by atoms with Gasteiger partial charge in [-0.1, -0.05) is 23.2 Å². The molecule has 6 nitrogen and oxygen atoms in total. The second-order valence-electron chi connectivity index (χ2n) is 8.39. The van der Waals surface area contributed by atoms with E-state index in [1.165, 1.54) is 18.2 Å². The first kappa shape index (κ1) is 24.4. The summed E-state index contributed by atoms with van der Waals surface area (Å²) in [6, 6.07) is 7.20. The van der Waals surface area contributed by atoms with Crippen LogP contribution < -0.4 is 15.5 Å². The molecule has 0 aromatic heterocycles. The molecule has 0 saturated carbocycles. The molecule has 12 heteroatoms. The second kappa shape index (κ2) is 8.65. The number of alkyl halides is 2. The van der Waals surface area contributed by atoms with Gasteiger partial charge >= 0.3 is 6.03 Å². The molecule has 0 bridgehead atoms. The Labute approximate surface area is 211 Å². The van der Waals surface area contributed by atoms with E-state index < -0.39 is 53.7 Å². The fraction of sp³-hybridized carbons (Fsp3) is 0.167. The van der Waals surface area contributed by atoms with Gasteiger partial charge in [0.15, 0.2) is 5.60 Å². The Hall–Kier alpha value is -3.34. The predicted octanol–water partition coefficient (Wildman–Crippen LogP) is 5.61. The lowest BCUT2D eigenvalue weighted by Crippen LogP contribution is -2.43. The molecule has 0 fully saturated rings.